The van der Waals surface area contributed by atoms with Crippen molar-refractivity contribution in [3.8, 4) is 5.75 Å². The molecule has 0 aromatic heterocycles. The van der Waals surface area contributed by atoms with E-state index in [1.807, 2.05) is 19.9 Å². The Kier molecular flexibility index (Phi) is 3.30. The van der Waals surface area contributed by atoms with Crippen molar-refractivity contribution in [1.82, 2.24) is 0 Å². The number of carbonyl (C=O) groups is 1. The van der Waals surface area contributed by atoms with Crippen molar-refractivity contribution in [2.75, 3.05) is 7.11 Å². The van der Waals surface area contributed by atoms with Crippen LogP contribution in [0.3, 0.4) is 0 Å². The number of hydrogen-bond donors (Lipinski definition) is 1. The van der Waals surface area contributed by atoms with E-state index < -0.39 is 5.41 Å². The number of carbonyl (C=O) groups excluding carboxylic acids is 1. The van der Waals surface area contributed by atoms with Crippen LogP contribution in [-0.2, 0) is 21.0 Å². The van der Waals surface area contributed by atoms with Gasteiger partial charge in [0.2, 0.25) is 0 Å². The lowest BCUT2D eigenvalue weighted by Gasteiger charge is -2.28. The highest BCUT2D eigenvalue weighted by Crippen LogP contribution is 2.46. The van der Waals surface area contributed by atoms with Crippen molar-refractivity contribution in [1.29, 1.82) is 0 Å². The quantitative estimate of drug-likeness (QED) is 0.661. The molecule has 0 heterocycles. The number of aromatic hydroxyl groups is 1. The van der Waals surface area contributed by atoms with E-state index in [1.165, 1.54) is 12.7 Å². The van der Waals surface area contributed by atoms with E-state index in [-0.39, 0.29) is 17.6 Å². The van der Waals surface area contributed by atoms with Gasteiger partial charge in [0, 0.05) is 5.92 Å². The second-order valence-electron chi connectivity index (χ2n) is 5.23. The topological polar surface area (TPSA) is 55.8 Å². The molecule has 0 radical (unpaired) electrons. The number of phenols is 1. The maximum atomic E-state index is 11.9. The van der Waals surface area contributed by atoms with Crippen LogP contribution in [0, 0.1) is 5.41 Å². The van der Waals surface area contributed by atoms with Gasteiger partial charge in [-0.15, -0.1) is 0 Å². The highest BCUT2D eigenvalue weighted by atomic mass is 17.2. The summed E-state index contributed by atoms with van der Waals surface area (Å²) in [5.74, 6) is -0.106. The van der Waals surface area contributed by atoms with Gasteiger partial charge in [0.05, 0.1) is 12.5 Å². The second kappa shape index (κ2) is 4.61. The minimum Gasteiger partial charge on any atom is -0.508 e. The SMILES string of the molecule is COOC(=O)C(C)(C)[C@@H]1CCc2ccc(O)cc21. The maximum absolute atomic E-state index is 11.9. The Bertz CT molecular complexity index is 465. The lowest BCUT2D eigenvalue weighted by Crippen LogP contribution is -2.32. The van der Waals surface area contributed by atoms with Gasteiger partial charge in [-0.1, -0.05) is 6.07 Å². The summed E-state index contributed by atoms with van der Waals surface area (Å²) >= 11 is 0. The molecule has 1 atom stereocenters. The van der Waals surface area contributed by atoms with E-state index in [0.29, 0.717) is 0 Å². The van der Waals surface area contributed by atoms with Crippen molar-refractivity contribution in [2.24, 2.45) is 5.41 Å². The van der Waals surface area contributed by atoms with Crippen molar-refractivity contribution in [3.05, 3.63) is 29.3 Å². The summed E-state index contributed by atoms with van der Waals surface area (Å²) in [5, 5.41) is 9.58. The molecule has 0 unspecified atom stereocenters. The maximum Gasteiger partial charge on any atom is 0.348 e. The van der Waals surface area contributed by atoms with Gasteiger partial charge >= 0.3 is 5.97 Å². The number of phenolic OH excluding ortho intramolecular Hbond substituents is 1. The number of rotatable bonds is 3. The molecule has 1 aromatic carbocycles. The van der Waals surface area contributed by atoms with Crippen LogP contribution in [-0.4, -0.2) is 18.2 Å². The van der Waals surface area contributed by atoms with Crippen LogP contribution in [0.2, 0.25) is 0 Å². The van der Waals surface area contributed by atoms with Gasteiger partial charge in [0.25, 0.3) is 0 Å². The summed E-state index contributed by atoms with van der Waals surface area (Å²) in [6.45, 7) is 3.69. The van der Waals surface area contributed by atoms with E-state index in [9.17, 15) is 9.90 Å². The molecule has 1 aromatic rings. The van der Waals surface area contributed by atoms with Crippen molar-refractivity contribution >= 4 is 5.97 Å². The highest BCUT2D eigenvalue weighted by molar-refractivity contribution is 5.77. The fourth-order valence-corrected chi connectivity index (χ4v) is 2.66. The minimum absolute atomic E-state index is 0.0437. The molecule has 0 spiro atoms. The number of hydrogen-bond acceptors (Lipinski definition) is 4. The summed E-state index contributed by atoms with van der Waals surface area (Å²) in [5.41, 5.74) is 1.55. The standard InChI is InChI=1S/C14H18O4/c1-14(2,13(16)18-17-3)12-7-5-9-4-6-10(15)8-11(9)12/h4,6,8,12,15H,5,7H2,1-3H3/t12-/m1/s1. The third-order valence-electron chi connectivity index (χ3n) is 3.76. The predicted octanol–water partition coefficient (Wildman–Crippen LogP) is 2.55. The van der Waals surface area contributed by atoms with Gasteiger partial charge < -0.3 is 5.11 Å². The molecule has 0 amide bonds. The van der Waals surface area contributed by atoms with Gasteiger partial charge in [-0.3, -0.25) is 4.89 Å². The minimum atomic E-state index is -0.672. The first-order chi connectivity index (χ1) is 8.46. The summed E-state index contributed by atoms with van der Waals surface area (Å²) in [7, 11) is 1.32. The van der Waals surface area contributed by atoms with Crippen molar-refractivity contribution in [3.63, 3.8) is 0 Å². The van der Waals surface area contributed by atoms with E-state index in [2.05, 4.69) is 9.78 Å². The molecule has 18 heavy (non-hydrogen) atoms. The first kappa shape index (κ1) is 12.9. The third-order valence-corrected chi connectivity index (χ3v) is 3.76. The lowest BCUT2D eigenvalue weighted by molar-refractivity contribution is -0.264. The van der Waals surface area contributed by atoms with Crippen LogP contribution < -0.4 is 0 Å². The van der Waals surface area contributed by atoms with E-state index in [1.54, 1.807) is 12.1 Å². The molecule has 98 valence electrons. The molecule has 4 heteroatoms. The Labute approximate surface area is 106 Å². The van der Waals surface area contributed by atoms with Crippen molar-refractivity contribution < 1.29 is 19.7 Å². The number of fused-ring (bicyclic) bond motifs is 1. The average Bonchev–Trinajstić information content (AvgIpc) is 2.72. The Morgan fingerprint density at radius 3 is 2.83 bits per heavy atom. The van der Waals surface area contributed by atoms with E-state index >= 15 is 0 Å². The molecule has 0 saturated heterocycles. The molecule has 1 aliphatic rings. The fraction of sp³-hybridized carbons (Fsp3) is 0.500. The first-order valence-corrected chi connectivity index (χ1v) is 6.03. The normalized spacial score (nSPS) is 18.5. The molecule has 0 aliphatic heterocycles. The fourth-order valence-electron chi connectivity index (χ4n) is 2.66. The molecule has 1 N–H and O–H groups in total. The largest absolute Gasteiger partial charge is 0.508 e. The number of benzene rings is 1. The zero-order valence-electron chi connectivity index (χ0n) is 10.9. The van der Waals surface area contributed by atoms with Crippen LogP contribution in [0.25, 0.3) is 0 Å². The van der Waals surface area contributed by atoms with Crippen LogP contribution >= 0.6 is 0 Å². The Hall–Kier alpha value is -1.55. The van der Waals surface area contributed by atoms with Crippen molar-refractivity contribution in [2.45, 2.75) is 32.6 Å². The molecular formula is C14H18O4. The molecule has 0 saturated carbocycles. The van der Waals surface area contributed by atoms with E-state index in [0.717, 1.165) is 18.4 Å². The number of aryl methyl sites for hydroxylation is 1. The summed E-state index contributed by atoms with van der Waals surface area (Å²) in [4.78, 5) is 21.1. The Morgan fingerprint density at radius 2 is 2.17 bits per heavy atom. The molecule has 4 nitrogen and oxygen atoms in total. The average molecular weight is 250 g/mol. The van der Waals surface area contributed by atoms with Crippen LogP contribution in [0.15, 0.2) is 18.2 Å². The van der Waals surface area contributed by atoms with E-state index in [4.69, 9.17) is 0 Å². The molecule has 0 fully saturated rings. The van der Waals surface area contributed by atoms with Gasteiger partial charge in [-0.2, -0.15) is 4.89 Å². The lowest BCUT2D eigenvalue weighted by atomic mass is 9.75. The summed E-state index contributed by atoms with van der Waals surface area (Å²) in [6.07, 6.45) is 1.80. The first-order valence-electron chi connectivity index (χ1n) is 6.03. The van der Waals surface area contributed by atoms with Crippen LogP contribution in [0.1, 0.15) is 37.3 Å². The van der Waals surface area contributed by atoms with Gasteiger partial charge in [-0.25, -0.2) is 4.79 Å². The monoisotopic (exact) mass is 250 g/mol. The Balaban J connectivity index is 2.32. The van der Waals surface area contributed by atoms with Gasteiger partial charge in [0.1, 0.15) is 5.75 Å². The van der Waals surface area contributed by atoms with Gasteiger partial charge in [0.15, 0.2) is 0 Å². The molecular weight excluding hydrogens is 232 g/mol. The second-order valence-corrected chi connectivity index (χ2v) is 5.23. The highest BCUT2D eigenvalue weighted by Gasteiger charge is 2.43. The van der Waals surface area contributed by atoms with Crippen LogP contribution in [0.5, 0.6) is 5.75 Å². The van der Waals surface area contributed by atoms with Crippen LogP contribution in [0.4, 0.5) is 0 Å². The predicted molar refractivity (Wildman–Crippen MR) is 66.1 cm³/mol. The zero-order chi connectivity index (χ0) is 13.3. The molecule has 1 aliphatic carbocycles. The smallest absolute Gasteiger partial charge is 0.348 e. The third kappa shape index (κ3) is 2.08. The zero-order valence-corrected chi connectivity index (χ0v) is 10.9. The van der Waals surface area contributed by atoms with Gasteiger partial charge in [-0.05, 0) is 49.9 Å². The summed E-state index contributed by atoms with van der Waals surface area (Å²) in [6, 6.07) is 5.35. The Morgan fingerprint density at radius 1 is 1.44 bits per heavy atom. The molecule has 0 bridgehead atoms. The molecule has 2 rings (SSSR count). The summed E-state index contributed by atoms with van der Waals surface area (Å²) < 4.78 is 0.